The average Bonchev–Trinajstić information content (AvgIpc) is 2.77. The number of nitrogens with two attached hydrogens (primary N) is 1. The van der Waals surface area contributed by atoms with E-state index in [0.29, 0.717) is 0 Å². The monoisotopic (exact) mass is 243 g/mol. The molecule has 0 amide bonds. The molecule has 1 aromatic carbocycles. The maximum atomic E-state index is 13.2. The minimum atomic E-state index is -0.482. The molecule has 0 unspecified atom stereocenters. The van der Waals surface area contributed by atoms with E-state index in [1.54, 1.807) is 6.07 Å². The van der Waals surface area contributed by atoms with Gasteiger partial charge in [-0.1, -0.05) is 0 Å². The molecule has 0 atom stereocenters. The van der Waals surface area contributed by atoms with Gasteiger partial charge in [-0.2, -0.15) is 4.39 Å². The summed E-state index contributed by atoms with van der Waals surface area (Å²) in [5, 5.41) is 3.31. The molecule has 2 heterocycles. The van der Waals surface area contributed by atoms with E-state index < -0.39 is 5.95 Å². The van der Waals surface area contributed by atoms with Gasteiger partial charge in [0.2, 0.25) is 5.95 Å². The number of halogens is 1. The van der Waals surface area contributed by atoms with E-state index in [0.717, 1.165) is 46.6 Å². The molecule has 0 bridgehead atoms. The summed E-state index contributed by atoms with van der Waals surface area (Å²) in [5.41, 5.74) is 12.0. The number of aromatic nitrogens is 1. The molecule has 1 aliphatic rings. The zero-order valence-corrected chi connectivity index (χ0v) is 10.1. The minimum Gasteiger partial charge on any atom is -0.398 e. The maximum Gasteiger partial charge on any atom is 0.213 e. The second-order valence-corrected chi connectivity index (χ2v) is 4.55. The van der Waals surface area contributed by atoms with Crippen molar-refractivity contribution in [2.75, 3.05) is 17.6 Å². The van der Waals surface area contributed by atoms with E-state index in [1.165, 1.54) is 12.3 Å². The van der Waals surface area contributed by atoms with Gasteiger partial charge in [0.05, 0.1) is 0 Å². The highest BCUT2D eigenvalue weighted by Crippen LogP contribution is 2.38. The fraction of sp³-hybridized carbons (Fsp3) is 0.214. The number of aryl methyl sites for hydroxylation is 1. The van der Waals surface area contributed by atoms with Crippen LogP contribution in [0.2, 0.25) is 0 Å². The maximum absolute atomic E-state index is 13.2. The van der Waals surface area contributed by atoms with Crippen LogP contribution < -0.4 is 11.1 Å². The molecule has 2 aromatic rings. The predicted octanol–water partition coefficient (Wildman–Crippen LogP) is 2.75. The molecule has 0 radical (unpaired) electrons. The molecule has 0 saturated carbocycles. The topological polar surface area (TPSA) is 50.9 Å². The van der Waals surface area contributed by atoms with Crippen LogP contribution in [0.15, 0.2) is 24.4 Å². The predicted molar refractivity (Wildman–Crippen MR) is 71.0 cm³/mol. The third-order valence-corrected chi connectivity index (χ3v) is 3.38. The Morgan fingerprint density at radius 2 is 2.22 bits per heavy atom. The first-order chi connectivity index (χ1) is 8.66. The summed E-state index contributed by atoms with van der Waals surface area (Å²) < 4.78 is 13.2. The van der Waals surface area contributed by atoms with Crippen LogP contribution in [0.3, 0.4) is 0 Å². The minimum absolute atomic E-state index is 0.482. The van der Waals surface area contributed by atoms with Gasteiger partial charge in [0.1, 0.15) is 0 Å². The molecule has 1 aromatic heterocycles. The summed E-state index contributed by atoms with van der Waals surface area (Å²) in [6.45, 7) is 2.90. The molecule has 1 aliphatic heterocycles. The average molecular weight is 243 g/mol. The second-order valence-electron chi connectivity index (χ2n) is 4.55. The number of nitrogens with zero attached hydrogens (tertiary/aromatic N) is 1. The van der Waals surface area contributed by atoms with E-state index in [1.807, 2.05) is 6.92 Å². The normalized spacial score (nSPS) is 13.2. The standard InChI is InChI=1S/C14H14FN3/c1-8-6-11-10(3-5-17-11)14(16)13(8)9-2-4-18-12(15)7-9/h2,4,6-7,17H,3,5,16H2,1H3. The third-order valence-electron chi connectivity index (χ3n) is 3.38. The Labute approximate surface area is 105 Å². The Balaban J connectivity index is 2.24. The van der Waals surface area contributed by atoms with Gasteiger partial charge in [0, 0.05) is 41.3 Å². The van der Waals surface area contributed by atoms with Crippen molar-refractivity contribution in [3.05, 3.63) is 41.5 Å². The first kappa shape index (κ1) is 11.0. The lowest BCUT2D eigenvalue weighted by atomic mass is 9.95. The van der Waals surface area contributed by atoms with Crippen LogP contribution in [-0.2, 0) is 6.42 Å². The van der Waals surface area contributed by atoms with Crippen molar-refractivity contribution in [1.82, 2.24) is 4.98 Å². The SMILES string of the molecule is Cc1cc2c(c(N)c1-c1ccnc(F)c1)CCN2. The number of rotatable bonds is 1. The van der Waals surface area contributed by atoms with Gasteiger partial charge >= 0.3 is 0 Å². The largest absolute Gasteiger partial charge is 0.398 e. The van der Waals surface area contributed by atoms with Crippen LogP contribution in [0.1, 0.15) is 11.1 Å². The fourth-order valence-corrected chi connectivity index (χ4v) is 2.57. The van der Waals surface area contributed by atoms with Crippen molar-refractivity contribution in [2.24, 2.45) is 0 Å². The number of fused-ring (bicyclic) bond motifs is 1. The van der Waals surface area contributed by atoms with E-state index in [2.05, 4.69) is 16.4 Å². The van der Waals surface area contributed by atoms with E-state index in [9.17, 15) is 4.39 Å². The number of anilines is 2. The van der Waals surface area contributed by atoms with Gasteiger partial charge in [-0.25, -0.2) is 4.98 Å². The van der Waals surface area contributed by atoms with Crippen molar-refractivity contribution in [1.29, 1.82) is 0 Å². The van der Waals surface area contributed by atoms with Crippen LogP contribution in [0, 0.1) is 12.9 Å². The molecule has 0 fully saturated rings. The highest BCUT2D eigenvalue weighted by Gasteiger charge is 2.19. The fourth-order valence-electron chi connectivity index (χ4n) is 2.57. The number of pyridine rings is 1. The molecule has 0 saturated heterocycles. The van der Waals surface area contributed by atoms with Crippen LogP contribution >= 0.6 is 0 Å². The van der Waals surface area contributed by atoms with Gasteiger partial charge < -0.3 is 11.1 Å². The van der Waals surface area contributed by atoms with Crippen LogP contribution in [0.4, 0.5) is 15.8 Å². The summed E-state index contributed by atoms with van der Waals surface area (Å²) in [6, 6.07) is 5.29. The smallest absolute Gasteiger partial charge is 0.213 e. The van der Waals surface area contributed by atoms with Gasteiger partial charge in [0.25, 0.3) is 0 Å². The molecule has 3 N–H and O–H groups in total. The van der Waals surface area contributed by atoms with Crippen LogP contribution in [0.5, 0.6) is 0 Å². The highest BCUT2D eigenvalue weighted by atomic mass is 19.1. The lowest BCUT2D eigenvalue weighted by molar-refractivity contribution is 0.584. The van der Waals surface area contributed by atoms with Crippen LogP contribution in [0.25, 0.3) is 11.1 Å². The van der Waals surface area contributed by atoms with Gasteiger partial charge in [-0.05, 0) is 36.6 Å². The van der Waals surface area contributed by atoms with Gasteiger partial charge in [-0.3, -0.25) is 0 Å². The summed E-state index contributed by atoms with van der Waals surface area (Å²) >= 11 is 0. The number of hydrogen-bond acceptors (Lipinski definition) is 3. The first-order valence-corrected chi connectivity index (χ1v) is 5.94. The van der Waals surface area contributed by atoms with E-state index in [4.69, 9.17) is 5.73 Å². The number of benzene rings is 1. The first-order valence-electron chi connectivity index (χ1n) is 5.94. The molecule has 92 valence electrons. The highest BCUT2D eigenvalue weighted by molar-refractivity contribution is 5.86. The molecule has 4 heteroatoms. The van der Waals surface area contributed by atoms with E-state index >= 15 is 0 Å². The van der Waals surface area contributed by atoms with E-state index in [-0.39, 0.29) is 0 Å². The molecule has 0 spiro atoms. The van der Waals surface area contributed by atoms with Crippen molar-refractivity contribution >= 4 is 11.4 Å². The molecular weight excluding hydrogens is 229 g/mol. The summed E-state index contributed by atoms with van der Waals surface area (Å²) in [4.78, 5) is 3.58. The van der Waals surface area contributed by atoms with Crippen molar-refractivity contribution in [3.63, 3.8) is 0 Å². The van der Waals surface area contributed by atoms with Crippen molar-refractivity contribution in [2.45, 2.75) is 13.3 Å². The molecular formula is C14H14FN3. The summed E-state index contributed by atoms with van der Waals surface area (Å²) in [5.74, 6) is -0.482. The molecule has 3 nitrogen and oxygen atoms in total. The summed E-state index contributed by atoms with van der Waals surface area (Å²) in [7, 11) is 0. The van der Waals surface area contributed by atoms with Gasteiger partial charge in [0.15, 0.2) is 0 Å². The Morgan fingerprint density at radius 3 is 3.00 bits per heavy atom. The lowest BCUT2D eigenvalue weighted by Crippen LogP contribution is -1.99. The molecule has 0 aliphatic carbocycles. The molecule has 3 rings (SSSR count). The Morgan fingerprint density at radius 1 is 1.39 bits per heavy atom. The molecule has 18 heavy (non-hydrogen) atoms. The Hall–Kier alpha value is -2.10. The lowest BCUT2D eigenvalue weighted by Gasteiger charge is -2.14. The zero-order chi connectivity index (χ0) is 12.7. The number of hydrogen-bond donors (Lipinski definition) is 2. The second kappa shape index (κ2) is 3.98. The van der Waals surface area contributed by atoms with Crippen LogP contribution in [-0.4, -0.2) is 11.5 Å². The number of nitrogens with one attached hydrogen (secondary N) is 1. The quantitative estimate of drug-likeness (QED) is 0.598. The Bertz CT molecular complexity index is 623. The zero-order valence-electron chi connectivity index (χ0n) is 10.1. The van der Waals surface area contributed by atoms with Crippen molar-refractivity contribution < 1.29 is 4.39 Å². The summed E-state index contributed by atoms with van der Waals surface area (Å²) in [6.07, 6.45) is 2.39. The number of nitrogen functional groups attached to an aromatic ring is 1. The van der Waals surface area contributed by atoms with Crippen molar-refractivity contribution in [3.8, 4) is 11.1 Å². The Kier molecular flexibility index (Phi) is 2.44. The third kappa shape index (κ3) is 1.61. The van der Waals surface area contributed by atoms with Gasteiger partial charge in [-0.15, -0.1) is 0 Å².